The summed E-state index contributed by atoms with van der Waals surface area (Å²) < 4.78 is 33.8. The van der Waals surface area contributed by atoms with E-state index in [1.54, 1.807) is 12.4 Å². The Kier molecular flexibility index (Phi) is 5.43. The first-order valence-electron chi connectivity index (χ1n) is 10.4. The van der Waals surface area contributed by atoms with E-state index in [2.05, 4.69) is 37.2 Å². The van der Waals surface area contributed by atoms with Gasteiger partial charge in [-0.3, -0.25) is 4.99 Å². The molecule has 0 amide bonds. The molecular weight excluding hydrogens is 424 g/mol. The molecule has 0 aliphatic carbocycles. The second-order valence-electron chi connectivity index (χ2n) is 8.12. The van der Waals surface area contributed by atoms with Crippen molar-refractivity contribution < 1.29 is 13.3 Å². The molecule has 5 rings (SSSR count). The van der Waals surface area contributed by atoms with Crippen molar-refractivity contribution in [3.8, 4) is 22.5 Å². The van der Waals surface area contributed by atoms with E-state index in [1.165, 1.54) is 18.3 Å². The fraction of sp³-hybridized carbons (Fsp3) is 0.160. The summed E-state index contributed by atoms with van der Waals surface area (Å²) in [6.45, 7) is 0.803. The average molecular weight is 445 g/mol. The Bertz CT molecular complexity index is 1430. The highest BCUT2D eigenvalue weighted by molar-refractivity contribution is 6.06. The maximum atomic E-state index is 14.5. The van der Waals surface area contributed by atoms with Crippen LogP contribution in [0.5, 0.6) is 0 Å². The molecule has 0 unspecified atom stereocenters. The Morgan fingerprint density at radius 1 is 1.12 bits per heavy atom. The van der Waals surface area contributed by atoms with Gasteiger partial charge in [-0.15, -0.1) is 0 Å². The quantitative estimate of drug-likeness (QED) is 0.449. The van der Waals surface area contributed by atoms with Crippen LogP contribution in [0.3, 0.4) is 0 Å². The number of benzene rings is 1. The van der Waals surface area contributed by atoms with Crippen molar-refractivity contribution in [2.24, 2.45) is 4.99 Å². The van der Waals surface area contributed by atoms with Crippen LogP contribution in [-0.4, -0.2) is 46.4 Å². The molecule has 3 aromatic heterocycles. The fourth-order valence-electron chi connectivity index (χ4n) is 3.92. The first kappa shape index (κ1) is 21.0. The van der Waals surface area contributed by atoms with E-state index in [0.717, 1.165) is 34.8 Å². The largest absolute Gasteiger partial charge is 0.356 e. The summed E-state index contributed by atoms with van der Waals surface area (Å²) in [4.78, 5) is 14.4. The van der Waals surface area contributed by atoms with Gasteiger partial charge < -0.3 is 14.4 Å². The van der Waals surface area contributed by atoms with Crippen LogP contribution in [0.1, 0.15) is 12.0 Å². The Hall–Kier alpha value is -3.91. The molecular formula is C25H21F2N5O. The van der Waals surface area contributed by atoms with E-state index in [0.29, 0.717) is 29.0 Å². The zero-order chi connectivity index (χ0) is 22.9. The topological polar surface area (TPSA) is 70.3 Å². The highest BCUT2D eigenvalue weighted by Gasteiger charge is 2.21. The van der Waals surface area contributed by atoms with Crippen LogP contribution in [0.25, 0.3) is 33.5 Å². The van der Waals surface area contributed by atoms with Gasteiger partial charge in [0.2, 0.25) is 0 Å². The molecule has 0 saturated heterocycles. The molecule has 4 heterocycles. The predicted octanol–water partition coefficient (Wildman–Crippen LogP) is 5.36. The molecule has 0 radical (unpaired) electrons. The van der Waals surface area contributed by atoms with Gasteiger partial charge in [0, 0.05) is 53.6 Å². The molecule has 0 saturated carbocycles. The van der Waals surface area contributed by atoms with Crippen molar-refractivity contribution >= 4 is 16.7 Å². The maximum absolute atomic E-state index is 14.5. The summed E-state index contributed by atoms with van der Waals surface area (Å²) in [7, 11) is 4.03. The summed E-state index contributed by atoms with van der Waals surface area (Å²) in [5, 5.41) is 4.62. The number of hydrogen-bond acceptors (Lipinski definition) is 5. The predicted molar refractivity (Wildman–Crippen MR) is 124 cm³/mol. The minimum atomic E-state index is -0.944. The van der Waals surface area contributed by atoms with Gasteiger partial charge in [-0.05, 0) is 31.8 Å². The Labute approximate surface area is 189 Å². The van der Waals surface area contributed by atoms with Gasteiger partial charge >= 0.3 is 0 Å². The number of nitrogens with zero attached hydrogens (tertiary/aromatic N) is 4. The van der Waals surface area contributed by atoms with Gasteiger partial charge in [0.05, 0.1) is 17.5 Å². The number of rotatable bonds is 5. The van der Waals surface area contributed by atoms with E-state index in [9.17, 15) is 8.78 Å². The standard InChI is InChI=1S/C25H21F2N5O/c1-32(2)14-15-5-3-8-22(28-10-15)16-9-18-19(12-30-25(18)29-11-16)24-20(13-31-33-24)17-6-4-7-21(26)23(17)27/h3-7,9-13H,8,14H2,1-2H3,(H,29,30). The number of fused-ring (bicyclic) bond motifs is 1. The monoisotopic (exact) mass is 445 g/mol. The molecule has 0 bridgehead atoms. The molecule has 8 heteroatoms. The van der Waals surface area contributed by atoms with E-state index in [4.69, 9.17) is 4.52 Å². The normalized spacial score (nSPS) is 14.0. The minimum Gasteiger partial charge on any atom is -0.356 e. The number of pyridine rings is 1. The number of H-pyrrole nitrogens is 1. The van der Waals surface area contributed by atoms with Crippen LogP contribution in [-0.2, 0) is 0 Å². The first-order valence-corrected chi connectivity index (χ1v) is 10.4. The third-order valence-electron chi connectivity index (χ3n) is 5.45. The second-order valence-corrected chi connectivity index (χ2v) is 8.12. The molecule has 1 aromatic carbocycles. The molecule has 0 fully saturated rings. The Balaban J connectivity index is 1.57. The van der Waals surface area contributed by atoms with E-state index in [1.807, 2.05) is 26.4 Å². The van der Waals surface area contributed by atoms with Crippen LogP contribution in [0.2, 0.25) is 0 Å². The SMILES string of the molecule is CN(C)CC1=CN=C(c2cnc3[nH]cc(-c4oncc4-c4cccc(F)c4F)c3c2)CC=C1. The molecule has 1 N–H and O–H groups in total. The van der Waals surface area contributed by atoms with Crippen molar-refractivity contribution in [2.45, 2.75) is 6.42 Å². The van der Waals surface area contributed by atoms with Gasteiger partial charge in [-0.2, -0.15) is 0 Å². The lowest BCUT2D eigenvalue weighted by atomic mass is 10.0. The Morgan fingerprint density at radius 2 is 2.00 bits per heavy atom. The molecule has 166 valence electrons. The van der Waals surface area contributed by atoms with Crippen LogP contribution in [0, 0.1) is 11.6 Å². The number of allylic oxidation sites excluding steroid dienone is 1. The van der Waals surface area contributed by atoms with E-state index >= 15 is 0 Å². The molecule has 33 heavy (non-hydrogen) atoms. The first-order chi connectivity index (χ1) is 16.0. The summed E-state index contributed by atoms with van der Waals surface area (Å²) in [5.41, 5.74) is 4.62. The molecule has 4 aromatic rings. The number of aliphatic imine (C=N–C) groups is 1. The second kappa shape index (κ2) is 8.55. The third-order valence-corrected chi connectivity index (χ3v) is 5.45. The number of aromatic amines is 1. The van der Waals surface area contributed by atoms with Crippen molar-refractivity contribution in [1.29, 1.82) is 0 Å². The van der Waals surface area contributed by atoms with Crippen LogP contribution in [0.4, 0.5) is 8.78 Å². The van der Waals surface area contributed by atoms with Gasteiger partial charge in [0.25, 0.3) is 0 Å². The zero-order valence-electron chi connectivity index (χ0n) is 18.1. The van der Waals surface area contributed by atoms with Crippen molar-refractivity contribution in [3.63, 3.8) is 0 Å². The highest BCUT2D eigenvalue weighted by atomic mass is 19.2. The Morgan fingerprint density at radius 3 is 2.85 bits per heavy atom. The lowest BCUT2D eigenvalue weighted by Gasteiger charge is -2.08. The summed E-state index contributed by atoms with van der Waals surface area (Å²) in [6.07, 6.45) is 11.6. The van der Waals surface area contributed by atoms with Crippen molar-refractivity contribution in [3.05, 3.63) is 84.0 Å². The summed E-state index contributed by atoms with van der Waals surface area (Å²) in [6, 6.07) is 6.00. The zero-order valence-corrected chi connectivity index (χ0v) is 18.1. The number of halogens is 2. The highest BCUT2D eigenvalue weighted by Crippen LogP contribution is 2.37. The number of aromatic nitrogens is 3. The minimum absolute atomic E-state index is 0.0848. The number of likely N-dealkylation sites (N-methyl/N-ethyl adjacent to an activating group) is 1. The van der Waals surface area contributed by atoms with Crippen LogP contribution in [0.15, 0.2) is 76.3 Å². The maximum Gasteiger partial charge on any atom is 0.176 e. The molecule has 6 nitrogen and oxygen atoms in total. The van der Waals surface area contributed by atoms with Crippen LogP contribution >= 0.6 is 0 Å². The van der Waals surface area contributed by atoms with Gasteiger partial charge in [-0.25, -0.2) is 13.8 Å². The fourth-order valence-corrected chi connectivity index (χ4v) is 3.92. The summed E-state index contributed by atoms with van der Waals surface area (Å²) >= 11 is 0. The third kappa shape index (κ3) is 4.01. The van der Waals surface area contributed by atoms with Crippen LogP contribution < -0.4 is 0 Å². The number of nitrogens with one attached hydrogen (secondary N) is 1. The van der Waals surface area contributed by atoms with Gasteiger partial charge in [0.15, 0.2) is 17.4 Å². The lowest BCUT2D eigenvalue weighted by molar-refractivity contribution is 0.432. The molecule has 1 aliphatic heterocycles. The van der Waals surface area contributed by atoms with E-state index in [-0.39, 0.29) is 5.56 Å². The van der Waals surface area contributed by atoms with E-state index < -0.39 is 11.6 Å². The molecule has 0 atom stereocenters. The molecule has 0 spiro atoms. The van der Waals surface area contributed by atoms with Crippen molar-refractivity contribution in [1.82, 2.24) is 20.0 Å². The van der Waals surface area contributed by atoms with Crippen molar-refractivity contribution in [2.75, 3.05) is 20.6 Å². The smallest absolute Gasteiger partial charge is 0.176 e. The number of hydrogen-bond donors (Lipinski definition) is 1. The van der Waals surface area contributed by atoms with Gasteiger partial charge in [0.1, 0.15) is 5.65 Å². The van der Waals surface area contributed by atoms with Gasteiger partial charge in [-0.1, -0.05) is 29.4 Å². The average Bonchev–Trinajstić information content (AvgIpc) is 3.37. The summed E-state index contributed by atoms with van der Waals surface area (Å²) in [5.74, 6) is -1.54. The lowest BCUT2D eigenvalue weighted by Crippen LogP contribution is -2.14. The molecule has 1 aliphatic rings.